The monoisotopic (exact) mass is 296 g/mol. The standard InChI is InChI=1S/C13H20N4O4/c18-12(19)11(5-10-7-14-8-16-10)17-13(20)15-6-9-1-3-21-4-2-9/h7-9,11H,1-6H2,(H,14,16)(H,18,19)(H2,15,17,20)/t11-/m0/s1. The number of rotatable bonds is 6. The number of aromatic nitrogens is 2. The Morgan fingerprint density at radius 2 is 2.24 bits per heavy atom. The van der Waals surface area contributed by atoms with Crippen LogP contribution in [0.25, 0.3) is 0 Å². The van der Waals surface area contributed by atoms with E-state index in [4.69, 9.17) is 9.84 Å². The second kappa shape index (κ2) is 7.63. The highest BCUT2D eigenvalue weighted by Crippen LogP contribution is 2.13. The topological polar surface area (TPSA) is 116 Å². The first-order valence-corrected chi connectivity index (χ1v) is 6.97. The zero-order valence-electron chi connectivity index (χ0n) is 11.7. The Hall–Kier alpha value is -2.09. The first-order chi connectivity index (χ1) is 10.1. The number of nitrogens with one attached hydrogen (secondary N) is 3. The number of carboxylic acids is 1. The third-order valence-corrected chi connectivity index (χ3v) is 3.47. The van der Waals surface area contributed by atoms with Crippen LogP contribution in [0.3, 0.4) is 0 Å². The molecule has 8 nitrogen and oxygen atoms in total. The number of imidazole rings is 1. The molecule has 1 atom stereocenters. The van der Waals surface area contributed by atoms with Gasteiger partial charge in [-0.3, -0.25) is 0 Å². The summed E-state index contributed by atoms with van der Waals surface area (Å²) < 4.78 is 5.25. The molecule has 2 amide bonds. The summed E-state index contributed by atoms with van der Waals surface area (Å²) in [6.45, 7) is 1.96. The summed E-state index contributed by atoms with van der Waals surface area (Å²) >= 11 is 0. The van der Waals surface area contributed by atoms with Crippen molar-refractivity contribution >= 4 is 12.0 Å². The summed E-state index contributed by atoms with van der Waals surface area (Å²) in [5.74, 6) is -0.689. The van der Waals surface area contributed by atoms with Crippen LogP contribution in [0.1, 0.15) is 18.5 Å². The fraction of sp³-hybridized carbons (Fsp3) is 0.615. The lowest BCUT2D eigenvalue weighted by molar-refractivity contribution is -0.139. The van der Waals surface area contributed by atoms with E-state index in [2.05, 4.69) is 20.6 Å². The molecule has 1 aromatic rings. The SMILES string of the molecule is O=C(NCC1CCOCC1)N[C@@H](Cc1cnc[nH]1)C(=O)O. The van der Waals surface area contributed by atoms with Crippen molar-refractivity contribution in [3.8, 4) is 0 Å². The van der Waals surface area contributed by atoms with E-state index < -0.39 is 18.0 Å². The van der Waals surface area contributed by atoms with Crippen molar-refractivity contribution < 1.29 is 19.4 Å². The molecule has 0 radical (unpaired) electrons. The van der Waals surface area contributed by atoms with E-state index in [-0.39, 0.29) is 6.42 Å². The van der Waals surface area contributed by atoms with Crippen LogP contribution < -0.4 is 10.6 Å². The minimum Gasteiger partial charge on any atom is -0.480 e. The van der Waals surface area contributed by atoms with Gasteiger partial charge in [0.1, 0.15) is 6.04 Å². The zero-order chi connectivity index (χ0) is 15.1. The summed E-state index contributed by atoms with van der Waals surface area (Å²) in [6.07, 6.45) is 5.00. The maximum Gasteiger partial charge on any atom is 0.326 e. The van der Waals surface area contributed by atoms with Gasteiger partial charge in [0.15, 0.2) is 0 Å². The molecule has 116 valence electrons. The number of aromatic amines is 1. The maximum atomic E-state index is 11.8. The van der Waals surface area contributed by atoms with Crippen LogP contribution in [-0.4, -0.2) is 52.9 Å². The van der Waals surface area contributed by atoms with Crippen LogP contribution in [0, 0.1) is 5.92 Å². The van der Waals surface area contributed by atoms with Crippen molar-refractivity contribution in [3.63, 3.8) is 0 Å². The van der Waals surface area contributed by atoms with Gasteiger partial charge in [0, 0.05) is 38.1 Å². The molecule has 0 aliphatic carbocycles. The van der Waals surface area contributed by atoms with E-state index in [1.165, 1.54) is 12.5 Å². The van der Waals surface area contributed by atoms with E-state index in [9.17, 15) is 9.59 Å². The number of carboxylic acid groups (broad SMARTS) is 1. The molecule has 4 N–H and O–H groups in total. The molecule has 2 rings (SSSR count). The number of aliphatic carboxylic acids is 1. The molecule has 0 saturated carbocycles. The Bertz CT molecular complexity index is 457. The van der Waals surface area contributed by atoms with Crippen molar-refractivity contribution in [1.82, 2.24) is 20.6 Å². The van der Waals surface area contributed by atoms with Crippen molar-refractivity contribution in [2.45, 2.75) is 25.3 Å². The molecule has 8 heteroatoms. The van der Waals surface area contributed by atoms with Crippen LogP contribution in [0.15, 0.2) is 12.5 Å². The van der Waals surface area contributed by atoms with E-state index in [1.54, 1.807) is 0 Å². The molecule has 2 heterocycles. The predicted octanol–water partition coefficient (Wildman–Crippen LogP) is 0.131. The molecule has 1 saturated heterocycles. The largest absolute Gasteiger partial charge is 0.480 e. The molecule has 1 aromatic heterocycles. The van der Waals surface area contributed by atoms with Gasteiger partial charge in [-0.15, -0.1) is 0 Å². The third-order valence-electron chi connectivity index (χ3n) is 3.47. The maximum absolute atomic E-state index is 11.8. The van der Waals surface area contributed by atoms with Crippen molar-refractivity contribution in [1.29, 1.82) is 0 Å². The lowest BCUT2D eigenvalue weighted by atomic mass is 10.0. The summed E-state index contributed by atoms with van der Waals surface area (Å²) in [4.78, 5) is 29.6. The molecule has 21 heavy (non-hydrogen) atoms. The van der Waals surface area contributed by atoms with Crippen LogP contribution >= 0.6 is 0 Å². The highest BCUT2D eigenvalue weighted by molar-refractivity contribution is 5.82. The molecular weight excluding hydrogens is 276 g/mol. The highest BCUT2D eigenvalue weighted by atomic mass is 16.5. The van der Waals surface area contributed by atoms with Crippen LogP contribution in [-0.2, 0) is 16.0 Å². The number of H-pyrrole nitrogens is 1. The van der Waals surface area contributed by atoms with Crippen molar-refractivity contribution in [2.75, 3.05) is 19.8 Å². The van der Waals surface area contributed by atoms with Gasteiger partial charge in [0.25, 0.3) is 0 Å². The average Bonchev–Trinajstić information content (AvgIpc) is 2.98. The van der Waals surface area contributed by atoms with Gasteiger partial charge >= 0.3 is 12.0 Å². The second-order valence-electron chi connectivity index (χ2n) is 5.08. The van der Waals surface area contributed by atoms with Crippen molar-refractivity contribution in [3.05, 3.63) is 18.2 Å². The van der Waals surface area contributed by atoms with Crippen LogP contribution in [0.2, 0.25) is 0 Å². The molecule has 1 aliphatic rings. The van der Waals surface area contributed by atoms with Gasteiger partial charge in [-0.1, -0.05) is 0 Å². The van der Waals surface area contributed by atoms with Gasteiger partial charge < -0.3 is 25.5 Å². The van der Waals surface area contributed by atoms with Gasteiger partial charge in [0.05, 0.1) is 6.33 Å². The first-order valence-electron chi connectivity index (χ1n) is 6.97. The molecule has 1 aliphatic heterocycles. The number of amides is 2. The summed E-state index contributed by atoms with van der Waals surface area (Å²) in [5, 5.41) is 14.3. The number of hydrogen-bond acceptors (Lipinski definition) is 4. The van der Waals surface area contributed by atoms with Crippen LogP contribution in [0.5, 0.6) is 0 Å². The van der Waals surface area contributed by atoms with Gasteiger partial charge in [-0.25, -0.2) is 14.6 Å². The lowest BCUT2D eigenvalue weighted by Gasteiger charge is -2.22. The lowest BCUT2D eigenvalue weighted by Crippen LogP contribution is -2.48. The highest BCUT2D eigenvalue weighted by Gasteiger charge is 2.21. The normalized spacial score (nSPS) is 17.1. The fourth-order valence-corrected chi connectivity index (χ4v) is 2.21. The molecular formula is C13H20N4O4. The van der Waals surface area contributed by atoms with E-state index in [0.29, 0.717) is 31.4 Å². The van der Waals surface area contributed by atoms with Gasteiger partial charge in [-0.2, -0.15) is 0 Å². The van der Waals surface area contributed by atoms with E-state index in [1.807, 2.05) is 0 Å². The number of urea groups is 1. The smallest absolute Gasteiger partial charge is 0.326 e. The van der Waals surface area contributed by atoms with Gasteiger partial charge in [-0.05, 0) is 18.8 Å². The summed E-state index contributed by atoms with van der Waals surface area (Å²) in [5.41, 5.74) is 0.659. The zero-order valence-corrected chi connectivity index (χ0v) is 11.7. The molecule has 0 spiro atoms. The minimum absolute atomic E-state index is 0.167. The Balaban J connectivity index is 1.76. The molecule has 0 aromatic carbocycles. The van der Waals surface area contributed by atoms with E-state index >= 15 is 0 Å². The number of carbonyl (C=O) groups excluding carboxylic acids is 1. The predicted molar refractivity (Wildman–Crippen MR) is 73.8 cm³/mol. The number of ether oxygens (including phenoxy) is 1. The number of nitrogens with zero attached hydrogens (tertiary/aromatic N) is 1. The Morgan fingerprint density at radius 3 is 2.86 bits per heavy atom. The Kier molecular flexibility index (Phi) is 5.56. The molecule has 0 bridgehead atoms. The first kappa shape index (κ1) is 15.3. The number of carbonyl (C=O) groups is 2. The van der Waals surface area contributed by atoms with Gasteiger partial charge in [0.2, 0.25) is 0 Å². The number of hydrogen-bond donors (Lipinski definition) is 4. The van der Waals surface area contributed by atoms with E-state index in [0.717, 1.165) is 12.8 Å². The summed E-state index contributed by atoms with van der Waals surface area (Å²) in [7, 11) is 0. The molecule has 0 unspecified atom stereocenters. The fourth-order valence-electron chi connectivity index (χ4n) is 2.21. The van der Waals surface area contributed by atoms with Crippen LogP contribution in [0.4, 0.5) is 4.79 Å². The summed E-state index contributed by atoms with van der Waals surface area (Å²) in [6, 6.07) is -1.45. The Morgan fingerprint density at radius 1 is 1.48 bits per heavy atom. The Labute approximate surface area is 122 Å². The third kappa shape index (κ3) is 5.07. The minimum atomic E-state index is -1.08. The van der Waals surface area contributed by atoms with Crippen molar-refractivity contribution in [2.24, 2.45) is 5.92 Å². The quantitative estimate of drug-likeness (QED) is 0.595. The average molecular weight is 296 g/mol. The second-order valence-corrected chi connectivity index (χ2v) is 5.08. The molecule has 1 fully saturated rings.